The average Bonchev–Trinajstić information content (AvgIpc) is 2.95. The largest absolute Gasteiger partial charge is 0.507 e. The van der Waals surface area contributed by atoms with Gasteiger partial charge < -0.3 is 23.4 Å². The molecule has 0 spiro atoms. The quantitative estimate of drug-likeness (QED) is 0.145. The lowest BCUT2D eigenvalue weighted by molar-refractivity contribution is 0.000934. The maximum Gasteiger partial charge on any atom is 0.347 e. The smallest absolute Gasteiger partial charge is 0.347 e. The van der Waals surface area contributed by atoms with E-state index in [1.807, 2.05) is 54.6 Å². The number of hydrogen-bond acceptors (Lipinski definition) is 6. The first-order valence-corrected chi connectivity index (χ1v) is 18.2. The van der Waals surface area contributed by atoms with Gasteiger partial charge in [0, 0.05) is 12.5 Å². The molecule has 0 saturated heterocycles. The molecule has 4 aromatic rings. The summed E-state index contributed by atoms with van der Waals surface area (Å²) in [7, 11) is -2.16. The van der Waals surface area contributed by atoms with Crippen LogP contribution in [-0.4, -0.2) is 25.6 Å². The first kappa shape index (κ1) is 32.5. The van der Waals surface area contributed by atoms with Crippen LogP contribution in [0.5, 0.6) is 11.5 Å². The van der Waals surface area contributed by atoms with Crippen LogP contribution in [-0.2, 0) is 28.8 Å². The Balaban J connectivity index is 1.60. The SMILES string of the molecule is CCC[C@@H](C[C@@H](Cc1cc2cc(OCc3ccccc3)cc(O)c2c(=O)o1)O[Si](C)(C)C(C)(C)C)OCc1ccccc1. The van der Waals surface area contributed by atoms with Crippen LogP contribution in [0, 0.1) is 0 Å². The van der Waals surface area contributed by atoms with E-state index >= 15 is 0 Å². The number of ether oxygens (including phenoxy) is 2. The predicted molar refractivity (Wildman–Crippen MR) is 175 cm³/mol. The van der Waals surface area contributed by atoms with E-state index in [0.29, 0.717) is 43.0 Å². The zero-order chi connectivity index (χ0) is 31.0. The van der Waals surface area contributed by atoms with Crippen LogP contribution in [0.3, 0.4) is 0 Å². The summed E-state index contributed by atoms with van der Waals surface area (Å²) in [6, 6.07) is 25.1. The molecule has 6 nitrogen and oxygen atoms in total. The summed E-state index contributed by atoms with van der Waals surface area (Å²) in [4.78, 5) is 13.1. The molecule has 2 atom stereocenters. The van der Waals surface area contributed by atoms with Gasteiger partial charge in [0.05, 0.1) is 18.8 Å². The third kappa shape index (κ3) is 9.05. The molecule has 0 unspecified atom stereocenters. The van der Waals surface area contributed by atoms with Crippen molar-refractivity contribution in [3.05, 3.63) is 106 Å². The Labute approximate surface area is 256 Å². The molecule has 0 aliphatic rings. The molecule has 230 valence electrons. The number of phenolic OH excluding ortho intramolecular Hbond substituents is 1. The predicted octanol–water partition coefficient (Wildman–Crippen LogP) is 8.79. The second-order valence-electron chi connectivity index (χ2n) is 12.8. The molecule has 0 aliphatic carbocycles. The lowest BCUT2D eigenvalue weighted by atomic mass is 10.0. The first-order valence-electron chi connectivity index (χ1n) is 15.2. The number of benzene rings is 3. The van der Waals surface area contributed by atoms with E-state index in [0.717, 1.165) is 24.0 Å². The molecule has 0 aliphatic heterocycles. The van der Waals surface area contributed by atoms with Crippen LogP contribution >= 0.6 is 0 Å². The summed E-state index contributed by atoms with van der Waals surface area (Å²) in [6.45, 7) is 14.2. The number of rotatable bonds is 14. The molecule has 43 heavy (non-hydrogen) atoms. The van der Waals surface area contributed by atoms with Gasteiger partial charge in [0.2, 0.25) is 0 Å². The summed E-state index contributed by atoms with van der Waals surface area (Å²) in [5.74, 6) is 0.836. The Hall–Kier alpha value is -3.39. The van der Waals surface area contributed by atoms with E-state index in [2.05, 4.69) is 52.9 Å². The monoisotopic (exact) mass is 602 g/mol. The molecule has 7 heteroatoms. The number of fused-ring (bicyclic) bond motifs is 1. The van der Waals surface area contributed by atoms with E-state index in [9.17, 15) is 9.90 Å². The van der Waals surface area contributed by atoms with Crippen LogP contribution in [0.1, 0.15) is 63.8 Å². The van der Waals surface area contributed by atoms with Gasteiger partial charge in [-0.3, -0.25) is 0 Å². The summed E-state index contributed by atoms with van der Waals surface area (Å²) < 4.78 is 25.1. The highest BCUT2D eigenvalue weighted by atomic mass is 28.4. The van der Waals surface area contributed by atoms with Crippen molar-refractivity contribution < 1.29 is 23.4 Å². The van der Waals surface area contributed by atoms with Gasteiger partial charge in [-0.25, -0.2) is 4.79 Å². The Morgan fingerprint density at radius 2 is 1.51 bits per heavy atom. The lowest BCUT2D eigenvalue weighted by Crippen LogP contribution is -2.45. The second kappa shape index (κ2) is 14.4. The van der Waals surface area contributed by atoms with E-state index in [-0.39, 0.29) is 28.4 Å². The molecule has 1 N–H and O–H groups in total. The molecule has 1 heterocycles. The first-order chi connectivity index (χ1) is 20.4. The van der Waals surface area contributed by atoms with Gasteiger partial charge in [-0.05, 0) is 59.6 Å². The topological polar surface area (TPSA) is 78.1 Å². The summed E-state index contributed by atoms with van der Waals surface area (Å²) in [5.41, 5.74) is 1.57. The van der Waals surface area contributed by atoms with Crippen molar-refractivity contribution in [2.75, 3.05) is 0 Å². The number of hydrogen-bond donors (Lipinski definition) is 1. The van der Waals surface area contributed by atoms with Crippen LogP contribution in [0.25, 0.3) is 10.8 Å². The highest BCUT2D eigenvalue weighted by Gasteiger charge is 2.39. The second-order valence-corrected chi connectivity index (χ2v) is 17.6. The standard InChI is InChI=1S/C36H46O6Si/c1-7-14-29(39-24-26-15-10-8-11-16-26)21-32(42-43(5,6)36(2,3)4)22-31-20-28-19-30(23-33(37)34(28)35(38)41-31)40-25-27-17-12-9-13-18-27/h8-13,15-20,23,29,32,37H,7,14,21-22,24-25H2,1-6H3/t29-,32-/m0/s1. The van der Waals surface area contributed by atoms with Crippen molar-refractivity contribution in [2.45, 2.75) is 96.9 Å². The van der Waals surface area contributed by atoms with Gasteiger partial charge in [0.15, 0.2) is 8.32 Å². The highest BCUT2D eigenvalue weighted by molar-refractivity contribution is 6.74. The molecular formula is C36H46O6Si. The van der Waals surface area contributed by atoms with Gasteiger partial charge in [0.25, 0.3) is 0 Å². The molecule has 0 amide bonds. The normalized spacial score (nSPS) is 13.6. The van der Waals surface area contributed by atoms with Gasteiger partial charge in [-0.2, -0.15) is 0 Å². The van der Waals surface area contributed by atoms with Crippen LogP contribution < -0.4 is 10.4 Å². The molecule has 0 radical (unpaired) electrons. The Kier molecular flexibility index (Phi) is 10.9. The number of aromatic hydroxyl groups is 1. The minimum Gasteiger partial charge on any atom is -0.507 e. The third-order valence-corrected chi connectivity index (χ3v) is 12.8. The number of phenols is 1. The average molecular weight is 603 g/mol. The van der Waals surface area contributed by atoms with Crippen molar-refractivity contribution in [2.24, 2.45) is 0 Å². The maximum absolute atomic E-state index is 13.1. The molecule has 0 fully saturated rings. The van der Waals surface area contributed by atoms with Gasteiger partial charge in [0.1, 0.15) is 29.3 Å². The zero-order valence-corrected chi connectivity index (χ0v) is 27.4. The molecular weight excluding hydrogens is 556 g/mol. The Bertz CT molecular complexity index is 1510. The third-order valence-electron chi connectivity index (χ3n) is 8.28. The minimum absolute atomic E-state index is 0.00538. The molecule has 1 aromatic heterocycles. The molecule has 4 rings (SSSR count). The molecule has 0 saturated carbocycles. The molecule has 0 bridgehead atoms. The van der Waals surface area contributed by atoms with Gasteiger partial charge in [-0.15, -0.1) is 0 Å². The summed E-state index contributed by atoms with van der Waals surface area (Å²) in [6.07, 6.45) is 2.78. The van der Waals surface area contributed by atoms with E-state index in [1.165, 1.54) is 6.07 Å². The summed E-state index contributed by atoms with van der Waals surface area (Å²) >= 11 is 0. The van der Waals surface area contributed by atoms with E-state index in [4.69, 9.17) is 18.3 Å². The van der Waals surface area contributed by atoms with Gasteiger partial charge >= 0.3 is 5.63 Å². The fourth-order valence-electron chi connectivity index (χ4n) is 4.92. The van der Waals surface area contributed by atoms with Crippen molar-refractivity contribution >= 4 is 19.1 Å². The van der Waals surface area contributed by atoms with Crippen molar-refractivity contribution in [3.8, 4) is 11.5 Å². The van der Waals surface area contributed by atoms with Gasteiger partial charge in [-0.1, -0.05) is 94.8 Å². The molecule has 3 aromatic carbocycles. The fraction of sp³-hybridized carbons (Fsp3) is 0.417. The van der Waals surface area contributed by atoms with Crippen molar-refractivity contribution in [1.82, 2.24) is 0 Å². The maximum atomic E-state index is 13.1. The highest BCUT2D eigenvalue weighted by Crippen LogP contribution is 2.38. The van der Waals surface area contributed by atoms with Crippen LogP contribution in [0.2, 0.25) is 18.1 Å². The van der Waals surface area contributed by atoms with Crippen molar-refractivity contribution in [1.29, 1.82) is 0 Å². The van der Waals surface area contributed by atoms with Crippen LogP contribution in [0.15, 0.2) is 88.1 Å². The van der Waals surface area contributed by atoms with E-state index < -0.39 is 13.9 Å². The minimum atomic E-state index is -2.16. The summed E-state index contributed by atoms with van der Waals surface area (Å²) in [5, 5.41) is 11.4. The zero-order valence-electron chi connectivity index (χ0n) is 26.4. The lowest BCUT2D eigenvalue weighted by Gasteiger charge is -2.40. The van der Waals surface area contributed by atoms with Crippen LogP contribution in [0.4, 0.5) is 0 Å². The fourth-order valence-corrected chi connectivity index (χ4v) is 6.29. The Morgan fingerprint density at radius 3 is 2.12 bits per heavy atom. The van der Waals surface area contributed by atoms with E-state index in [1.54, 1.807) is 6.07 Å². The van der Waals surface area contributed by atoms with Crippen molar-refractivity contribution in [3.63, 3.8) is 0 Å². The Morgan fingerprint density at radius 1 is 0.884 bits per heavy atom.